The molecule has 3 heterocycles. The van der Waals surface area contributed by atoms with Gasteiger partial charge in [-0.25, -0.2) is 4.98 Å². The predicted molar refractivity (Wildman–Crippen MR) is 142 cm³/mol. The minimum absolute atomic E-state index is 0.0117. The van der Waals surface area contributed by atoms with E-state index in [1.807, 2.05) is 57.2 Å². The van der Waals surface area contributed by atoms with Crippen LogP contribution in [0.5, 0.6) is 11.5 Å². The number of aromatic nitrogens is 1. The molecule has 1 aromatic heterocycles. The smallest absolute Gasteiger partial charge is 0.301 e. The number of carbonyl (C=O) groups is 2. The first-order valence-electron chi connectivity index (χ1n) is 12.0. The number of anilines is 1. The molecule has 0 unspecified atom stereocenters. The Morgan fingerprint density at radius 3 is 2.43 bits per heavy atom. The van der Waals surface area contributed by atoms with Crippen LogP contribution >= 0.6 is 11.3 Å². The molecule has 37 heavy (non-hydrogen) atoms. The number of aliphatic hydroxyl groups excluding tert-OH is 1. The Labute approximate surface area is 217 Å². The van der Waals surface area contributed by atoms with E-state index in [0.29, 0.717) is 41.0 Å². The van der Waals surface area contributed by atoms with Crippen LogP contribution in [0.25, 0.3) is 16.0 Å². The average molecular weight is 513 g/mol. The van der Waals surface area contributed by atoms with Crippen molar-refractivity contribution in [3.8, 4) is 11.5 Å². The molecule has 6 rings (SSSR count). The third kappa shape index (κ3) is 3.84. The molecule has 7 nitrogen and oxygen atoms in total. The van der Waals surface area contributed by atoms with E-state index in [9.17, 15) is 14.7 Å². The lowest BCUT2D eigenvalue weighted by Gasteiger charge is -2.23. The van der Waals surface area contributed by atoms with Crippen LogP contribution in [0, 0.1) is 20.8 Å². The van der Waals surface area contributed by atoms with Crippen molar-refractivity contribution in [1.82, 2.24) is 4.98 Å². The molecule has 1 amide bonds. The van der Waals surface area contributed by atoms with E-state index >= 15 is 0 Å². The van der Waals surface area contributed by atoms with Crippen LogP contribution in [0.4, 0.5) is 5.13 Å². The van der Waals surface area contributed by atoms with Gasteiger partial charge in [0.15, 0.2) is 16.6 Å². The summed E-state index contributed by atoms with van der Waals surface area (Å²) in [6, 6.07) is 15.8. The van der Waals surface area contributed by atoms with Crippen molar-refractivity contribution < 1.29 is 24.2 Å². The number of nitrogens with zero attached hydrogens (tertiary/aromatic N) is 2. The number of Topliss-reactive ketones (excluding diaryl/α,β-unsaturated/α-hetero) is 1. The second-order valence-electron chi connectivity index (χ2n) is 9.36. The highest BCUT2D eigenvalue weighted by atomic mass is 32.1. The van der Waals surface area contributed by atoms with Gasteiger partial charge in [0.2, 0.25) is 0 Å². The fraction of sp³-hybridized carbons (Fsp3) is 0.207. The van der Waals surface area contributed by atoms with Gasteiger partial charge in [-0.15, -0.1) is 0 Å². The van der Waals surface area contributed by atoms with Crippen molar-refractivity contribution in [2.75, 3.05) is 18.1 Å². The second-order valence-corrected chi connectivity index (χ2v) is 10.4. The highest BCUT2D eigenvalue weighted by Crippen LogP contribution is 2.45. The zero-order chi connectivity index (χ0) is 25.8. The van der Waals surface area contributed by atoms with E-state index in [4.69, 9.17) is 14.5 Å². The number of benzene rings is 3. The second kappa shape index (κ2) is 8.74. The zero-order valence-electron chi connectivity index (χ0n) is 20.6. The lowest BCUT2D eigenvalue weighted by atomic mass is 9.94. The summed E-state index contributed by atoms with van der Waals surface area (Å²) >= 11 is 1.36. The molecule has 0 bridgehead atoms. The minimum Gasteiger partial charge on any atom is -0.507 e. The molecule has 1 N–H and O–H groups in total. The highest BCUT2D eigenvalue weighted by molar-refractivity contribution is 7.22. The number of rotatable bonds is 3. The van der Waals surface area contributed by atoms with Crippen molar-refractivity contribution in [2.24, 2.45) is 0 Å². The number of ether oxygens (including phenoxy) is 2. The van der Waals surface area contributed by atoms with Crippen LogP contribution in [0.3, 0.4) is 0 Å². The predicted octanol–water partition coefficient (Wildman–Crippen LogP) is 5.62. The molecule has 1 saturated heterocycles. The van der Waals surface area contributed by atoms with Crippen LogP contribution in [-0.4, -0.2) is 35.0 Å². The van der Waals surface area contributed by atoms with E-state index in [2.05, 4.69) is 0 Å². The van der Waals surface area contributed by atoms with Crippen molar-refractivity contribution in [2.45, 2.75) is 26.8 Å². The summed E-state index contributed by atoms with van der Waals surface area (Å²) in [5.74, 6) is -0.702. The molecule has 186 valence electrons. The van der Waals surface area contributed by atoms with Gasteiger partial charge in [0, 0.05) is 5.56 Å². The maximum atomic E-state index is 13.5. The number of hydrogen-bond acceptors (Lipinski definition) is 7. The van der Waals surface area contributed by atoms with Crippen molar-refractivity contribution in [3.05, 3.63) is 88.0 Å². The van der Waals surface area contributed by atoms with E-state index in [1.165, 1.54) is 16.2 Å². The molecular formula is C29H24N2O5S. The fourth-order valence-electron chi connectivity index (χ4n) is 4.90. The molecule has 0 spiro atoms. The summed E-state index contributed by atoms with van der Waals surface area (Å²) in [5, 5.41) is 11.9. The SMILES string of the molecule is Cc1ccc([C@@H]2/C(=C(\O)c3ccc4c(c3)OCCO4)C(=O)C(=O)N2c2nc3c(C)cc(C)cc3s2)cc1. The standard InChI is InChI=1S/C29H24N2O5S/c1-15-4-6-18(7-5-15)25-23(26(32)19-8-9-20-21(14-19)36-11-10-35-20)27(33)28(34)31(25)29-30-24-17(3)12-16(2)13-22(24)37-29/h4-9,12-14,25,32H,10-11H2,1-3H3/b26-23+/t25-/m1/s1. The van der Waals surface area contributed by atoms with Crippen LogP contribution in [0.1, 0.15) is 33.9 Å². The first kappa shape index (κ1) is 23.2. The maximum absolute atomic E-state index is 13.5. The molecular weight excluding hydrogens is 488 g/mol. The van der Waals surface area contributed by atoms with Crippen molar-refractivity contribution in [3.63, 3.8) is 0 Å². The molecule has 2 aliphatic heterocycles. The largest absolute Gasteiger partial charge is 0.507 e. The fourth-order valence-corrected chi connectivity index (χ4v) is 6.07. The molecule has 0 aliphatic carbocycles. The first-order chi connectivity index (χ1) is 17.8. The maximum Gasteiger partial charge on any atom is 0.301 e. The minimum atomic E-state index is -0.837. The molecule has 1 atom stereocenters. The monoisotopic (exact) mass is 512 g/mol. The van der Waals surface area contributed by atoms with Gasteiger partial charge >= 0.3 is 5.91 Å². The van der Waals surface area contributed by atoms with Crippen LogP contribution in [-0.2, 0) is 9.59 Å². The Morgan fingerprint density at radius 1 is 0.946 bits per heavy atom. The number of aliphatic hydroxyl groups is 1. The Morgan fingerprint density at radius 2 is 1.68 bits per heavy atom. The van der Waals surface area contributed by atoms with Crippen LogP contribution in [0.15, 0.2) is 60.2 Å². The number of amides is 1. The number of ketones is 1. The summed E-state index contributed by atoms with van der Waals surface area (Å²) in [6.45, 7) is 6.79. The molecule has 4 aromatic rings. The third-order valence-electron chi connectivity index (χ3n) is 6.68. The van der Waals surface area contributed by atoms with Gasteiger partial charge in [-0.1, -0.05) is 47.2 Å². The summed E-state index contributed by atoms with van der Waals surface area (Å²) in [7, 11) is 0. The van der Waals surface area contributed by atoms with Gasteiger partial charge < -0.3 is 14.6 Å². The van der Waals surface area contributed by atoms with Crippen LogP contribution in [0.2, 0.25) is 0 Å². The van der Waals surface area contributed by atoms with Gasteiger partial charge in [-0.2, -0.15) is 0 Å². The van der Waals surface area contributed by atoms with Gasteiger partial charge in [-0.05, 0) is 61.7 Å². The number of carbonyl (C=O) groups excluding carboxylic acids is 2. The summed E-state index contributed by atoms with van der Waals surface area (Å²) < 4.78 is 12.2. The lowest BCUT2D eigenvalue weighted by molar-refractivity contribution is -0.132. The number of fused-ring (bicyclic) bond motifs is 2. The van der Waals surface area contributed by atoms with Gasteiger partial charge in [0.25, 0.3) is 5.78 Å². The molecule has 1 fully saturated rings. The lowest BCUT2D eigenvalue weighted by Crippen LogP contribution is -2.29. The summed E-state index contributed by atoms with van der Waals surface area (Å²) in [6.07, 6.45) is 0. The molecule has 2 aliphatic rings. The van der Waals surface area contributed by atoms with Crippen molar-refractivity contribution >= 4 is 44.1 Å². The Bertz CT molecular complexity index is 1620. The number of hydrogen-bond donors (Lipinski definition) is 1. The van der Waals surface area contributed by atoms with Crippen molar-refractivity contribution in [1.29, 1.82) is 0 Å². The Hall–Kier alpha value is -4.17. The van der Waals surface area contributed by atoms with E-state index < -0.39 is 17.7 Å². The summed E-state index contributed by atoms with van der Waals surface area (Å²) in [4.78, 5) is 33.2. The third-order valence-corrected chi connectivity index (χ3v) is 7.68. The van der Waals surface area contributed by atoms with Gasteiger partial charge in [0.05, 0.1) is 21.8 Å². The van der Waals surface area contributed by atoms with E-state index in [-0.39, 0.29) is 11.3 Å². The number of thiazole rings is 1. The Balaban J connectivity index is 1.55. The summed E-state index contributed by atoms with van der Waals surface area (Å²) in [5.41, 5.74) is 5.01. The van der Waals surface area contributed by atoms with E-state index in [0.717, 1.165) is 26.9 Å². The number of aryl methyl sites for hydroxylation is 3. The Kier molecular flexibility index (Phi) is 5.49. The van der Waals surface area contributed by atoms with E-state index in [1.54, 1.807) is 18.2 Å². The first-order valence-corrected chi connectivity index (χ1v) is 12.8. The normalized spacial score (nSPS) is 18.6. The molecule has 0 saturated carbocycles. The quantitative estimate of drug-likeness (QED) is 0.218. The molecule has 8 heteroatoms. The highest BCUT2D eigenvalue weighted by Gasteiger charge is 2.48. The van der Waals surface area contributed by atoms with Gasteiger partial charge in [-0.3, -0.25) is 14.5 Å². The molecule has 0 radical (unpaired) electrons. The zero-order valence-corrected chi connectivity index (χ0v) is 21.4. The van der Waals surface area contributed by atoms with Crippen LogP contribution < -0.4 is 14.4 Å². The molecule has 3 aromatic carbocycles. The van der Waals surface area contributed by atoms with Gasteiger partial charge in [0.1, 0.15) is 19.0 Å². The topological polar surface area (TPSA) is 89.0 Å². The average Bonchev–Trinajstić information content (AvgIpc) is 3.42.